The molecule has 2 aromatic rings. The van der Waals surface area contributed by atoms with Crippen LogP contribution in [0.1, 0.15) is 36.7 Å². The van der Waals surface area contributed by atoms with E-state index < -0.39 is 0 Å². The third-order valence-electron chi connectivity index (χ3n) is 4.94. The predicted octanol–water partition coefficient (Wildman–Crippen LogP) is 1.70. The predicted molar refractivity (Wildman–Crippen MR) is 93.9 cm³/mol. The zero-order valence-corrected chi connectivity index (χ0v) is 14.8. The average molecular weight is 354 g/mol. The summed E-state index contributed by atoms with van der Waals surface area (Å²) in [6, 6.07) is 1.66. The fraction of sp³-hybridized carbons (Fsp3) is 0.500. The van der Waals surface area contributed by atoms with Crippen LogP contribution in [0.3, 0.4) is 0 Å². The molecule has 8 nitrogen and oxygen atoms in total. The Labute approximate surface area is 152 Å². The van der Waals surface area contributed by atoms with E-state index in [0.29, 0.717) is 6.61 Å². The minimum Gasteiger partial charge on any atom is -0.341 e. The fourth-order valence-electron chi connectivity index (χ4n) is 3.49. The van der Waals surface area contributed by atoms with Crippen molar-refractivity contribution in [2.45, 2.75) is 32.2 Å². The van der Waals surface area contributed by atoms with Gasteiger partial charge in [-0.05, 0) is 25.8 Å². The largest absolute Gasteiger partial charge is 0.341 e. The molecule has 0 N–H and O–H groups in total. The van der Waals surface area contributed by atoms with Crippen LogP contribution in [0.2, 0.25) is 0 Å². The second-order valence-electron chi connectivity index (χ2n) is 6.69. The Morgan fingerprint density at radius 1 is 1.08 bits per heavy atom. The molecule has 2 aliphatic rings. The summed E-state index contributed by atoms with van der Waals surface area (Å²) in [5.74, 6) is 0.723. The van der Waals surface area contributed by atoms with Crippen molar-refractivity contribution in [3.05, 3.63) is 42.2 Å². The van der Waals surface area contributed by atoms with Gasteiger partial charge in [0.15, 0.2) is 0 Å². The first-order valence-corrected chi connectivity index (χ1v) is 8.99. The normalized spacial score (nSPS) is 21.2. The summed E-state index contributed by atoms with van der Waals surface area (Å²) in [5, 5.41) is 1.53. The first-order chi connectivity index (χ1) is 12.7. The van der Waals surface area contributed by atoms with Crippen molar-refractivity contribution in [2.75, 3.05) is 24.6 Å². The van der Waals surface area contributed by atoms with Crippen molar-refractivity contribution in [1.82, 2.24) is 25.0 Å². The van der Waals surface area contributed by atoms with Gasteiger partial charge in [0.2, 0.25) is 11.9 Å². The summed E-state index contributed by atoms with van der Waals surface area (Å²) >= 11 is 0. The van der Waals surface area contributed by atoms with E-state index in [2.05, 4.69) is 24.8 Å². The molecule has 1 atom stereocenters. The molecule has 0 saturated carbocycles. The van der Waals surface area contributed by atoms with Crippen LogP contribution in [0.25, 0.3) is 0 Å². The molecule has 0 aliphatic carbocycles. The van der Waals surface area contributed by atoms with Gasteiger partial charge in [-0.3, -0.25) is 19.6 Å². The molecule has 0 aromatic carbocycles. The van der Waals surface area contributed by atoms with E-state index in [1.165, 1.54) is 5.06 Å². The van der Waals surface area contributed by atoms with Gasteiger partial charge < -0.3 is 4.90 Å². The Morgan fingerprint density at radius 3 is 2.54 bits per heavy atom. The Hall–Kier alpha value is -2.61. The second kappa shape index (κ2) is 7.33. The second-order valence-corrected chi connectivity index (χ2v) is 6.69. The van der Waals surface area contributed by atoms with Crippen LogP contribution < -0.4 is 4.90 Å². The van der Waals surface area contributed by atoms with Crippen LogP contribution in [0.15, 0.2) is 30.9 Å². The number of hydrogen-bond donors (Lipinski definition) is 0. The van der Waals surface area contributed by atoms with Crippen molar-refractivity contribution in [3.8, 4) is 0 Å². The minimum absolute atomic E-state index is 0.0449. The molecule has 4 heterocycles. The maximum absolute atomic E-state index is 13.0. The van der Waals surface area contributed by atoms with Gasteiger partial charge in [0, 0.05) is 44.0 Å². The molecule has 0 unspecified atom stereocenters. The van der Waals surface area contributed by atoms with Crippen molar-refractivity contribution < 1.29 is 9.63 Å². The standard InChI is InChI=1S/C18H22N6O2/c1-13-11-22-15(12-21-13)16-5-10-26-24(16)17(25)14-3-8-23(9-4-14)18-19-6-2-7-20-18/h2,6-7,11-12,14,16H,3-5,8-10H2,1H3/t16-/m0/s1. The number of nitrogens with zero attached hydrogens (tertiary/aromatic N) is 6. The smallest absolute Gasteiger partial charge is 0.250 e. The topological polar surface area (TPSA) is 84.3 Å². The number of hydroxylamine groups is 2. The minimum atomic E-state index is -0.147. The Balaban J connectivity index is 1.40. The number of carbonyl (C=O) groups excluding carboxylic acids is 1. The third kappa shape index (κ3) is 3.37. The molecule has 2 aliphatic heterocycles. The highest BCUT2D eigenvalue weighted by atomic mass is 16.7. The number of rotatable bonds is 3. The number of amides is 1. The molecule has 0 radical (unpaired) electrons. The van der Waals surface area contributed by atoms with E-state index in [1.54, 1.807) is 30.9 Å². The SMILES string of the molecule is Cc1cnc([C@@H]2CCON2C(=O)C2CCN(c3ncccn3)CC2)cn1. The maximum Gasteiger partial charge on any atom is 0.250 e. The zero-order valence-electron chi connectivity index (χ0n) is 14.8. The number of anilines is 1. The lowest BCUT2D eigenvalue weighted by atomic mass is 9.95. The van der Waals surface area contributed by atoms with Crippen molar-refractivity contribution in [2.24, 2.45) is 5.92 Å². The first kappa shape index (κ1) is 16.8. The van der Waals surface area contributed by atoms with Crippen LogP contribution in [0, 0.1) is 12.8 Å². The zero-order chi connectivity index (χ0) is 17.9. The van der Waals surface area contributed by atoms with Crippen molar-refractivity contribution in [1.29, 1.82) is 0 Å². The summed E-state index contributed by atoms with van der Waals surface area (Å²) < 4.78 is 0. The van der Waals surface area contributed by atoms with Gasteiger partial charge in [0.05, 0.1) is 24.2 Å². The van der Waals surface area contributed by atoms with Crippen LogP contribution >= 0.6 is 0 Å². The molecule has 2 aromatic heterocycles. The lowest BCUT2D eigenvalue weighted by Gasteiger charge is -2.33. The number of aromatic nitrogens is 4. The Kier molecular flexibility index (Phi) is 4.75. The van der Waals surface area contributed by atoms with E-state index >= 15 is 0 Å². The average Bonchev–Trinajstić information content (AvgIpc) is 3.19. The molecule has 0 bridgehead atoms. The molecular weight excluding hydrogens is 332 g/mol. The molecule has 4 rings (SSSR count). The molecular formula is C18H22N6O2. The van der Waals surface area contributed by atoms with Crippen molar-refractivity contribution >= 4 is 11.9 Å². The monoisotopic (exact) mass is 354 g/mol. The molecule has 2 saturated heterocycles. The Bertz CT molecular complexity index is 746. The van der Waals surface area contributed by atoms with Gasteiger partial charge in [-0.1, -0.05) is 0 Å². The number of piperidine rings is 1. The van der Waals surface area contributed by atoms with Crippen LogP contribution in [0.4, 0.5) is 5.95 Å². The van der Waals surface area contributed by atoms with Gasteiger partial charge in [0.25, 0.3) is 0 Å². The van der Waals surface area contributed by atoms with Gasteiger partial charge in [-0.25, -0.2) is 15.0 Å². The highest BCUT2D eigenvalue weighted by Gasteiger charge is 2.37. The number of hydrogen-bond acceptors (Lipinski definition) is 7. The molecule has 2 fully saturated rings. The fourth-order valence-corrected chi connectivity index (χ4v) is 3.49. The summed E-state index contributed by atoms with van der Waals surface area (Å²) in [6.07, 6.45) is 9.24. The summed E-state index contributed by atoms with van der Waals surface area (Å²) in [4.78, 5) is 38.1. The number of carbonyl (C=O) groups is 1. The van der Waals surface area contributed by atoms with E-state index in [1.807, 2.05) is 6.92 Å². The van der Waals surface area contributed by atoms with E-state index in [9.17, 15) is 4.79 Å². The van der Waals surface area contributed by atoms with Gasteiger partial charge in [0.1, 0.15) is 6.04 Å². The highest BCUT2D eigenvalue weighted by molar-refractivity contribution is 5.78. The summed E-state index contributed by atoms with van der Waals surface area (Å²) in [7, 11) is 0. The highest BCUT2D eigenvalue weighted by Crippen LogP contribution is 2.32. The van der Waals surface area contributed by atoms with E-state index in [0.717, 1.165) is 49.7 Å². The summed E-state index contributed by atoms with van der Waals surface area (Å²) in [5.41, 5.74) is 1.65. The van der Waals surface area contributed by atoms with Crippen LogP contribution in [0.5, 0.6) is 0 Å². The molecule has 136 valence electrons. The Morgan fingerprint density at radius 2 is 1.85 bits per heavy atom. The molecule has 8 heteroatoms. The van der Waals surface area contributed by atoms with Gasteiger partial charge >= 0.3 is 0 Å². The van der Waals surface area contributed by atoms with Crippen LogP contribution in [-0.4, -0.2) is 50.6 Å². The first-order valence-electron chi connectivity index (χ1n) is 8.99. The van der Waals surface area contributed by atoms with E-state index in [4.69, 9.17) is 4.84 Å². The molecule has 1 amide bonds. The third-order valence-corrected chi connectivity index (χ3v) is 4.94. The summed E-state index contributed by atoms with van der Waals surface area (Å²) in [6.45, 7) is 3.96. The van der Waals surface area contributed by atoms with Crippen LogP contribution in [-0.2, 0) is 9.63 Å². The van der Waals surface area contributed by atoms with Crippen molar-refractivity contribution in [3.63, 3.8) is 0 Å². The van der Waals surface area contributed by atoms with E-state index in [-0.39, 0.29) is 17.9 Å². The quantitative estimate of drug-likeness (QED) is 0.829. The van der Waals surface area contributed by atoms with Gasteiger partial charge in [-0.2, -0.15) is 0 Å². The molecule has 26 heavy (non-hydrogen) atoms. The number of aryl methyl sites for hydroxylation is 1. The molecule has 0 spiro atoms. The maximum atomic E-state index is 13.0. The lowest BCUT2D eigenvalue weighted by molar-refractivity contribution is -0.182. The lowest BCUT2D eigenvalue weighted by Crippen LogP contribution is -2.42. The van der Waals surface area contributed by atoms with Gasteiger partial charge in [-0.15, -0.1) is 0 Å².